The molecule has 128 valence electrons. The fourth-order valence-corrected chi connectivity index (χ4v) is 2.42. The Labute approximate surface area is 144 Å². The van der Waals surface area contributed by atoms with Crippen LogP contribution >= 0.6 is 11.8 Å². The highest BCUT2D eigenvalue weighted by molar-refractivity contribution is 7.98. The first-order valence-electron chi connectivity index (χ1n) is 7.54. The minimum atomic E-state index is -0.452. The number of ether oxygens (including phenoxy) is 1. The second-order valence-electron chi connectivity index (χ2n) is 4.85. The molecule has 0 N–H and O–H groups in total. The van der Waals surface area contributed by atoms with E-state index in [0.29, 0.717) is 23.7 Å². The number of benzene rings is 1. The lowest BCUT2D eigenvalue weighted by Gasteiger charge is -2.06. The third kappa shape index (κ3) is 4.10. The Morgan fingerprint density at radius 1 is 1.42 bits per heavy atom. The fraction of sp³-hybridized carbons (Fsp3) is 0.400. The van der Waals surface area contributed by atoms with E-state index in [1.807, 2.05) is 20.1 Å². The van der Waals surface area contributed by atoms with E-state index in [1.54, 1.807) is 23.0 Å². The van der Waals surface area contributed by atoms with Crippen LogP contribution in [-0.4, -0.2) is 38.9 Å². The minimum absolute atomic E-state index is 0.0723. The zero-order valence-electron chi connectivity index (χ0n) is 13.8. The molecule has 0 amide bonds. The van der Waals surface area contributed by atoms with Crippen molar-refractivity contribution in [1.82, 2.24) is 14.9 Å². The van der Waals surface area contributed by atoms with E-state index in [-0.39, 0.29) is 11.4 Å². The molecule has 0 saturated heterocycles. The molecule has 0 aliphatic carbocycles. The van der Waals surface area contributed by atoms with Gasteiger partial charge in [0.05, 0.1) is 17.7 Å². The first-order chi connectivity index (χ1) is 11.6. The van der Waals surface area contributed by atoms with Gasteiger partial charge in [0, 0.05) is 18.1 Å². The molecule has 0 bridgehead atoms. The van der Waals surface area contributed by atoms with Crippen molar-refractivity contribution in [3.63, 3.8) is 0 Å². The summed E-state index contributed by atoms with van der Waals surface area (Å²) in [4.78, 5) is 10.8. The Bertz CT molecular complexity index is 723. The van der Waals surface area contributed by atoms with Gasteiger partial charge in [0.2, 0.25) is 5.16 Å². The van der Waals surface area contributed by atoms with Gasteiger partial charge in [0.1, 0.15) is 0 Å². The summed E-state index contributed by atoms with van der Waals surface area (Å²) in [5.41, 5.74) is 0.533. The lowest BCUT2D eigenvalue weighted by atomic mass is 10.2. The molecule has 1 heterocycles. The Hall–Kier alpha value is -2.42. The predicted molar refractivity (Wildman–Crippen MR) is 93.1 cm³/mol. The number of thioether (sulfide) groups is 1. The van der Waals surface area contributed by atoms with E-state index in [9.17, 15) is 10.1 Å². The molecular formula is C15H19N5O3S. The third-order valence-corrected chi connectivity index (χ3v) is 3.76. The Morgan fingerprint density at radius 2 is 2.21 bits per heavy atom. The van der Waals surface area contributed by atoms with Crippen LogP contribution in [0.3, 0.4) is 0 Å². The first kappa shape index (κ1) is 17.9. The van der Waals surface area contributed by atoms with Gasteiger partial charge in [-0.15, -0.1) is 10.2 Å². The molecule has 0 aliphatic rings. The van der Waals surface area contributed by atoms with Crippen molar-refractivity contribution >= 4 is 23.7 Å². The highest BCUT2D eigenvalue weighted by atomic mass is 32.2. The second kappa shape index (κ2) is 8.44. The van der Waals surface area contributed by atoms with E-state index >= 15 is 0 Å². The topological polar surface area (TPSA) is 95.4 Å². The summed E-state index contributed by atoms with van der Waals surface area (Å²) in [6.07, 6.45) is 4.92. The van der Waals surface area contributed by atoms with Gasteiger partial charge >= 0.3 is 5.69 Å². The van der Waals surface area contributed by atoms with Crippen molar-refractivity contribution in [2.75, 3.05) is 12.9 Å². The largest absolute Gasteiger partial charge is 0.487 e. The molecule has 2 aromatic rings. The lowest BCUT2D eigenvalue weighted by Crippen LogP contribution is -2.01. The number of nitrogens with zero attached hydrogens (tertiary/aromatic N) is 5. The van der Waals surface area contributed by atoms with Gasteiger partial charge in [-0.2, -0.15) is 9.78 Å². The van der Waals surface area contributed by atoms with Gasteiger partial charge in [-0.1, -0.05) is 25.6 Å². The summed E-state index contributed by atoms with van der Waals surface area (Å²) >= 11 is 1.43. The zero-order valence-corrected chi connectivity index (χ0v) is 14.6. The Kier molecular flexibility index (Phi) is 6.30. The summed E-state index contributed by atoms with van der Waals surface area (Å²) in [5.74, 6) is 0.996. The van der Waals surface area contributed by atoms with Crippen LogP contribution in [0, 0.1) is 10.1 Å². The van der Waals surface area contributed by atoms with Gasteiger partial charge < -0.3 is 4.74 Å². The number of nitro groups is 1. The van der Waals surface area contributed by atoms with Crippen LogP contribution in [0.25, 0.3) is 0 Å². The smallest absolute Gasteiger partial charge is 0.311 e. The molecule has 1 aromatic heterocycles. The molecular weight excluding hydrogens is 330 g/mol. The summed E-state index contributed by atoms with van der Waals surface area (Å²) in [5, 5.41) is 24.4. The van der Waals surface area contributed by atoms with Gasteiger partial charge in [0.25, 0.3) is 0 Å². The molecule has 2 rings (SSSR count). The highest BCUT2D eigenvalue weighted by Crippen LogP contribution is 2.27. The summed E-state index contributed by atoms with van der Waals surface area (Å²) in [7, 11) is 0. The van der Waals surface area contributed by atoms with Crippen molar-refractivity contribution in [3.8, 4) is 5.75 Å². The summed E-state index contributed by atoms with van der Waals surface area (Å²) < 4.78 is 7.05. The summed E-state index contributed by atoms with van der Waals surface area (Å²) in [6.45, 7) is 4.34. The standard InChI is InChI=1S/C15H19N5O3S/c1-4-8-23-13-7-6-11(9-12(13)20(21)22)10-16-19-14(5-2)17-18-15(19)24-3/h6-7,9-10H,4-5,8H2,1-3H3/b16-10-. The highest BCUT2D eigenvalue weighted by Gasteiger charge is 2.15. The predicted octanol–water partition coefficient (Wildman–Crippen LogP) is 3.14. The second-order valence-corrected chi connectivity index (χ2v) is 5.62. The number of aryl methyl sites for hydroxylation is 1. The van der Waals surface area contributed by atoms with Crippen LogP contribution < -0.4 is 4.74 Å². The number of hydrogen-bond donors (Lipinski definition) is 0. The Morgan fingerprint density at radius 3 is 2.83 bits per heavy atom. The quantitative estimate of drug-likeness (QED) is 0.314. The normalized spacial score (nSPS) is 11.1. The molecule has 9 heteroatoms. The SMILES string of the molecule is CCCOc1ccc(/C=N\n2c(CC)nnc2SC)cc1[N+](=O)[O-]. The molecule has 0 atom stereocenters. The molecule has 24 heavy (non-hydrogen) atoms. The molecule has 1 aromatic carbocycles. The van der Waals surface area contributed by atoms with E-state index < -0.39 is 4.92 Å². The van der Waals surface area contributed by atoms with Crippen molar-refractivity contribution in [2.45, 2.75) is 31.8 Å². The third-order valence-electron chi connectivity index (χ3n) is 3.14. The number of nitro benzene ring substituents is 1. The van der Waals surface area contributed by atoms with Crippen molar-refractivity contribution in [3.05, 3.63) is 39.7 Å². The molecule has 8 nitrogen and oxygen atoms in total. The van der Waals surface area contributed by atoms with Crippen LogP contribution in [0.15, 0.2) is 28.5 Å². The van der Waals surface area contributed by atoms with Crippen LogP contribution in [-0.2, 0) is 6.42 Å². The first-order valence-corrected chi connectivity index (χ1v) is 8.77. The van der Waals surface area contributed by atoms with Gasteiger partial charge in [0.15, 0.2) is 11.6 Å². The average Bonchev–Trinajstić information content (AvgIpc) is 3.00. The summed E-state index contributed by atoms with van der Waals surface area (Å²) in [6, 6.07) is 4.77. The van der Waals surface area contributed by atoms with E-state index in [0.717, 1.165) is 12.2 Å². The van der Waals surface area contributed by atoms with Gasteiger partial charge in [-0.3, -0.25) is 10.1 Å². The number of hydrogen-bond acceptors (Lipinski definition) is 7. The maximum Gasteiger partial charge on any atom is 0.311 e. The molecule has 0 radical (unpaired) electrons. The van der Waals surface area contributed by atoms with Crippen LogP contribution in [0.2, 0.25) is 0 Å². The van der Waals surface area contributed by atoms with Crippen LogP contribution in [0.4, 0.5) is 5.69 Å². The number of aromatic nitrogens is 3. The average molecular weight is 349 g/mol. The molecule has 0 saturated carbocycles. The molecule has 0 unspecified atom stereocenters. The molecule has 0 fully saturated rings. The van der Waals surface area contributed by atoms with Crippen LogP contribution in [0.5, 0.6) is 5.75 Å². The monoisotopic (exact) mass is 349 g/mol. The van der Waals surface area contributed by atoms with Gasteiger partial charge in [-0.25, -0.2) is 0 Å². The van der Waals surface area contributed by atoms with E-state index in [1.165, 1.54) is 17.8 Å². The molecule has 0 aliphatic heterocycles. The van der Waals surface area contributed by atoms with Crippen molar-refractivity contribution in [1.29, 1.82) is 0 Å². The van der Waals surface area contributed by atoms with Crippen molar-refractivity contribution in [2.24, 2.45) is 5.10 Å². The van der Waals surface area contributed by atoms with E-state index in [2.05, 4.69) is 15.3 Å². The lowest BCUT2D eigenvalue weighted by molar-refractivity contribution is -0.385. The number of rotatable bonds is 8. The molecule has 0 spiro atoms. The van der Waals surface area contributed by atoms with Crippen LogP contribution in [0.1, 0.15) is 31.7 Å². The fourth-order valence-electron chi connectivity index (χ4n) is 1.98. The zero-order chi connectivity index (χ0) is 17.5. The van der Waals surface area contributed by atoms with Crippen molar-refractivity contribution < 1.29 is 9.66 Å². The van der Waals surface area contributed by atoms with E-state index in [4.69, 9.17) is 4.74 Å². The maximum atomic E-state index is 11.2. The maximum absolute atomic E-state index is 11.2. The van der Waals surface area contributed by atoms with Gasteiger partial charge in [-0.05, 0) is 24.8 Å². The minimum Gasteiger partial charge on any atom is -0.487 e. The Balaban J connectivity index is 2.31.